The van der Waals surface area contributed by atoms with Crippen molar-refractivity contribution in [1.82, 2.24) is 10.2 Å². The van der Waals surface area contributed by atoms with Crippen molar-refractivity contribution in [2.45, 2.75) is 38.0 Å². The highest BCUT2D eigenvalue weighted by molar-refractivity contribution is 5.98. The quantitative estimate of drug-likeness (QED) is 0.657. The van der Waals surface area contributed by atoms with Crippen LogP contribution in [0.3, 0.4) is 0 Å². The van der Waals surface area contributed by atoms with Gasteiger partial charge < -0.3 is 14.3 Å². The number of aromatic nitrogens is 1. The van der Waals surface area contributed by atoms with E-state index in [2.05, 4.69) is 17.3 Å². The third-order valence-electron chi connectivity index (χ3n) is 6.56. The Bertz CT molecular complexity index is 1150. The molecule has 154 valence electrons. The van der Waals surface area contributed by atoms with Crippen LogP contribution in [0.2, 0.25) is 0 Å². The van der Waals surface area contributed by atoms with Gasteiger partial charge in [-0.3, -0.25) is 4.79 Å². The van der Waals surface area contributed by atoms with Gasteiger partial charge in [-0.2, -0.15) is 0 Å². The molecule has 0 aliphatic carbocycles. The lowest BCUT2D eigenvalue weighted by Crippen LogP contribution is -2.36. The molecule has 0 radical (unpaired) electrons. The largest absolute Gasteiger partial charge is 0.406 e. The van der Waals surface area contributed by atoms with Crippen LogP contribution in [0.1, 0.15) is 42.0 Å². The molecule has 0 unspecified atom stereocenters. The van der Waals surface area contributed by atoms with Crippen molar-refractivity contribution in [2.75, 3.05) is 24.5 Å². The Morgan fingerprint density at radius 2 is 1.83 bits per heavy atom. The summed E-state index contributed by atoms with van der Waals surface area (Å²) in [6, 6.07) is 8.78. The molecule has 6 rings (SSSR count). The fraction of sp³-hybridized carbons (Fsp3) is 0.391. The molecular weight excluding hydrogens is 385 g/mol. The van der Waals surface area contributed by atoms with Gasteiger partial charge in [-0.15, -0.1) is 5.06 Å². The number of benzene rings is 2. The Hall–Kier alpha value is -2.93. The number of anilines is 1. The van der Waals surface area contributed by atoms with Crippen molar-refractivity contribution in [1.29, 1.82) is 0 Å². The number of halogens is 1. The Labute approximate surface area is 173 Å². The average molecular weight is 407 g/mol. The number of carbonyl (C=O) groups is 1. The molecule has 0 saturated carbocycles. The van der Waals surface area contributed by atoms with Crippen LogP contribution in [0, 0.1) is 5.82 Å². The summed E-state index contributed by atoms with van der Waals surface area (Å²) in [5.74, 6) is 1.06. The maximum Gasteiger partial charge on any atom is 0.227 e. The summed E-state index contributed by atoms with van der Waals surface area (Å²) < 4.78 is 18.7. The first-order chi connectivity index (χ1) is 14.7. The van der Waals surface area contributed by atoms with Gasteiger partial charge in [0.05, 0.1) is 11.4 Å². The third-order valence-corrected chi connectivity index (χ3v) is 6.56. The summed E-state index contributed by atoms with van der Waals surface area (Å²) in [6.45, 7) is 2.36. The van der Waals surface area contributed by atoms with Gasteiger partial charge >= 0.3 is 0 Å². The maximum absolute atomic E-state index is 13.4. The first kappa shape index (κ1) is 17.9. The fourth-order valence-electron chi connectivity index (χ4n) is 5.07. The van der Waals surface area contributed by atoms with Crippen molar-refractivity contribution in [3.63, 3.8) is 0 Å². The van der Waals surface area contributed by atoms with E-state index in [0.29, 0.717) is 12.0 Å². The van der Waals surface area contributed by atoms with E-state index >= 15 is 0 Å². The molecule has 2 aromatic carbocycles. The van der Waals surface area contributed by atoms with Crippen LogP contribution in [0.15, 0.2) is 34.9 Å². The van der Waals surface area contributed by atoms with Crippen molar-refractivity contribution in [3.05, 3.63) is 53.0 Å². The van der Waals surface area contributed by atoms with Crippen LogP contribution in [-0.2, 0) is 17.6 Å². The number of hydrogen-bond donors (Lipinski definition) is 0. The molecule has 0 bridgehead atoms. The highest BCUT2D eigenvalue weighted by Crippen LogP contribution is 2.40. The van der Waals surface area contributed by atoms with E-state index in [-0.39, 0.29) is 17.6 Å². The number of nitrogens with zero attached hydrogens (tertiary/aromatic N) is 3. The molecule has 0 spiro atoms. The van der Waals surface area contributed by atoms with Crippen molar-refractivity contribution in [3.8, 4) is 5.75 Å². The van der Waals surface area contributed by atoms with E-state index in [1.165, 1.54) is 23.3 Å². The van der Waals surface area contributed by atoms with Crippen LogP contribution in [0.4, 0.5) is 10.1 Å². The second-order valence-corrected chi connectivity index (χ2v) is 8.39. The molecule has 1 amide bonds. The molecule has 0 atom stereocenters. The molecule has 7 heteroatoms. The second-order valence-electron chi connectivity index (χ2n) is 8.39. The Kier molecular flexibility index (Phi) is 4.06. The summed E-state index contributed by atoms with van der Waals surface area (Å²) in [5, 5.41) is 7.12. The summed E-state index contributed by atoms with van der Waals surface area (Å²) in [6.07, 6.45) is 4.07. The van der Waals surface area contributed by atoms with Gasteiger partial charge in [0, 0.05) is 43.4 Å². The summed E-state index contributed by atoms with van der Waals surface area (Å²) in [4.78, 5) is 20.2. The predicted molar refractivity (Wildman–Crippen MR) is 109 cm³/mol. The Balaban J connectivity index is 1.16. The van der Waals surface area contributed by atoms with Crippen molar-refractivity contribution >= 4 is 22.6 Å². The van der Waals surface area contributed by atoms with Gasteiger partial charge in [-0.05, 0) is 61.1 Å². The van der Waals surface area contributed by atoms with Crippen LogP contribution < -0.4 is 9.74 Å². The first-order valence-electron chi connectivity index (χ1n) is 10.6. The van der Waals surface area contributed by atoms with Crippen LogP contribution in [-0.4, -0.2) is 35.8 Å². The first-order valence-corrected chi connectivity index (χ1v) is 10.6. The van der Waals surface area contributed by atoms with E-state index in [1.54, 1.807) is 6.07 Å². The lowest BCUT2D eigenvalue weighted by molar-refractivity contribution is -0.118. The highest BCUT2D eigenvalue weighted by atomic mass is 19.1. The third kappa shape index (κ3) is 2.88. The molecule has 1 aromatic heterocycles. The van der Waals surface area contributed by atoms with Gasteiger partial charge in [-0.25, -0.2) is 4.39 Å². The second kappa shape index (κ2) is 6.80. The predicted octanol–water partition coefficient (Wildman–Crippen LogP) is 3.98. The maximum atomic E-state index is 13.4. The zero-order valence-corrected chi connectivity index (χ0v) is 16.6. The zero-order valence-electron chi connectivity index (χ0n) is 16.6. The summed E-state index contributed by atoms with van der Waals surface area (Å²) in [5.41, 5.74) is 4.97. The molecular formula is C23H22FN3O3. The number of hydroxylamine groups is 2. The summed E-state index contributed by atoms with van der Waals surface area (Å²) in [7, 11) is 0. The van der Waals surface area contributed by atoms with E-state index < -0.39 is 0 Å². The molecule has 1 saturated heterocycles. The van der Waals surface area contributed by atoms with Crippen LogP contribution in [0.25, 0.3) is 11.0 Å². The van der Waals surface area contributed by atoms with Crippen LogP contribution >= 0.6 is 0 Å². The minimum atomic E-state index is -0.311. The molecule has 30 heavy (non-hydrogen) atoms. The fourth-order valence-corrected chi connectivity index (χ4v) is 5.07. The number of fused-ring (bicyclic) bond motifs is 1. The number of hydrogen-bond acceptors (Lipinski definition) is 5. The van der Waals surface area contributed by atoms with E-state index in [0.717, 1.165) is 67.8 Å². The number of rotatable bonds is 3. The standard InChI is InChI=1S/C23H22FN3O3/c24-17-2-3-19-20(13-17)29-25-22(19)14-5-8-26(9-6-14)30-18-11-15-1-4-21(28)27-10-7-16(12-18)23(15)27/h2-3,11-14H,1,4-10H2. The highest BCUT2D eigenvalue weighted by Gasteiger charge is 2.32. The van der Waals surface area contributed by atoms with Crippen molar-refractivity contribution in [2.24, 2.45) is 0 Å². The number of aryl methyl sites for hydroxylation is 1. The smallest absolute Gasteiger partial charge is 0.227 e. The van der Waals surface area contributed by atoms with Gasteiger partial charge in [-0.1, -0.05) is 5.16 Å². The minimum Gasteiger partial charge on any atom is -0.406 e. The molecule has 0 N–H and O–H groups in total. The number of carbonyl (C=O) groups excluding carboxylic acids is 1. The van der Waals surface area contributed by atoms with Gasteiger partial charge in [0.2, 0.25) is 5.91 Å². The minimum absolute atomic E-state index is 0.236. The van der Waals surface area contributed by atoms with Gasteiger partial charge in [0.1, 0.15) is 11.6 Å². The van der Waals surface area contributed by atoms with E-state index in [4.69, 9.17) is 9.36 Å². The Morgan fingerprint density at radius 3 is 2.67 bits per heavy atom. The zero-order chi connectivity index (χ0) is 20.2. The van der Waals surface area contributed by atoms with E-state index in [1.807, 2.05) is 9.96 Å². The lowest BCUT2D eigenvalue weighted by atomic mass is 9.92. The number of amides is 1. The topological polar surface area (TPSA) is 58.8 Å². The lowest BCUT2D eigenvalue weighted by Gasteiger charge is -2.31. The molecule has 4 heterocycles. The van der Waals surface area contributed by atoms with Crippen molar-refractivity contribution < 1.29 is 18.5 Å². The van der Waals surface area contributed by atoms with E-state index in [9.17, 15) is 9.18 Å². The SMILES string of the molecule is O=C1CCc2cc(ON3CCC(c4noc5cc(F)ccc45)CC3)cc3c2N1CC3. The molecule has 6 nitrogen and oxygen atoms in total. The molecule has 3 aromatic rings. The van der Waals surface area contributed by atoms with Crippen LogP contribution in [0.5, 0.6) is 5.75 Å². The number of piperidine rings is 1. The van der Waals surface area contributed by atoms with Gasteiger partial charge in [0.25, 0.3) is 0 Å². The summed E-state index contributed by atoms with van der Waals surface area (Å²) >= 11 is 0. The van der Waals surface area contributed by atoms with Gasteiger partial charge in [0.15, 0.2) is 5.58 Å². The molecule has 3 aliphatic heterocycles. The normalized spacial score (nSPS) is 19.5. The Morgan fingerprint density at radius 1 is 1.03 bits per heavy atom. The average Bonchev–Trinajstić information content (AvgIpc) is 3.36. The monoisotopic (exact) mass is 407 g/mol. The molecule has 3 aliphatic rings. The molecule has 1 fully saturated rings.